The summed E-state index contributed by atoms with van der Waals surface area (Å²) in [5.74, 6) is -0.448. The van der Waals surface area contributed by atoms with Gasteiger partial charge in [0, 0.05) is 31.1 Å². The largest absolute Gasteiger partial charge is 0.361 e. The second kappa shape index (κ2) is 5.16. The molecule has 0 spiro atoms. The molecule has 3 nitrogen and oxygen atoms in total. The van der Waals surface area contributed by atoms with Gasteiger partial charge < -0.3 is 9.80 Å². The maximum Gasteiger partial charge on any atom is 0.135 e. The van der Waals surface area contributed by atoms with Crippen LogP contribution in [0.2, 0.25) is 0 Å². The quantitative estimate of drug-likeness (QED) is 0.842. The molecule has 108 valence electrons. The number of anilines is 1. The van der Waals surface area contributed by atoms with Crippen LogP contribution in [-0.4, -0.2) is 23.6 Å². The van der Waals surface area contributed by atoms with E-state index >= 15 is 0 Å². The Morgan fingerprint density at radius 2 is 1.90 bits per heavy atom. The first-order chi connectivity index (χ1) is 10.0. The molecule has 0 unspecified atom stereocenters. The Hall–Kier alpha value is -2.43. The van der Waals surface area contributed by atoms with E-state index in [0.717, 1.165) is 17.4 Å². The Morgan fingerprint density at radius 3 is 2.57 bits per heavy atom. The van der Waals surface area contributed by atoms with Crippen LogP contribution in [0.3, 0.4) is 0 Å². The Bertz CT molecular complexity index is 713. The van der Waals surface area contributed by atoms with Gasteiger partial charge in [0.25, 0.3) is 0 Å². The Morgan fingerprint density at radius 1 is 1.10 bits per heavy atom. The van der Waals surface area contributed by atoms with Gasteiger partial charge in [-0.25, -0.2) is 13.8 Å². The molecular formula is C16H15F2N3. The van der Waals surface area contributed by atoms with E-state index in [1.54, 1.807) is 6.07 Å². The first-order valence-electron chi connectivity index (χ1n) is 6.62. The fourth-order valence-corrected chi connectivity index (χ4v) is 2.31. The van der Waals surface area contributed by atoms with Crippen molar-refractivity contribution in [1.82, 2.24) is 9.88 Å². The van der Waals surface area contributed by atoms with Gasteiger partial charge in [-0.2, -0.15) is 0 Å². The van der Waals surface area contributed by atoms with E-state index in [0.29, 0.717) is 17.9 Å². The smallest absolute Gasteiger partial charge is 0.135 e. The van der Waals surface area contributed by atoms with Gasteiger partial charge in [-0.3, -0.25) is 0 Å². The fraction of sp³-hybridized carbons (Fsp3) is 0.188. The van der Waals surface area contributed by atoms with Crippen LogP contribution in [0.25, 0.3) is 11.3 Å². The summed E-state index contributed by atoms with van der Waals surface area (Å²) in [5, 5.41) is 0. The maximum atomic E-state index is 13.9. The zero-order chi connectivity index (χ0) is 15.0. The lowest BCUT2D eigenvalue weighted by Gasteiger charge is -2.18. The molecule has 0 bridgehead atoms. The van der Waals surface area contributed by atoms with E-state index in [4.69, 9.17) is 0 Å². The van der Waals surface area contributed by atoms with E-state index in [2.05, 4.69) is 4.98 Å². The second-order valence-electron chi connectivity index (χ2n) is 5.18. The molecule has 0 fully saturated rings. The van der Waals surface area contributed by atoms with E-state index in [1.165, 1.54) is 12.1 Å². The normalized spacial score (nSPS) is 14.1. The molecule has 0 amide bonds. The molecule has 0 aliphatic carbocycles. The first kappa shape index (κ1) is 13.5. The molecule has 0 saturated heterocycles. The summed E-state index contributed by atoms with van der Waals surface area (Å²) in [6.07, 6.45) is 3.87. The second-order valence-corrected chi connectivity index (χ2v) is 5.18. The van der Waals surface area contributed by atoms with Crippen molar-refractivity contribution in [2.75, 3.05) is 18.6 Å². The van der Waals surface area contributed by atoms with Crippen molar-refractivity contribution in [2.24, 2.45) is 0 Å². The van der Waals surface area contributed by atoms with Crippen LogP contribution >= 0.6 is 0 Å². The standard InChI is InChI=1S/C16H15F2N3/c1-11-7-15(13-4-3-12(17)9-14(13)18)19-16(8-11)21-6-5-20(2)10-21/h3-9H,10H2,1-2H3. The van der Waals surface area contributed by atoms with E-state index < -0.39 is 11.6 Å². The van der Waals surface area contributed by atoms with Crippen LogP contribution in [0, 0.1) is 18.6 Å². The highest BCUT2D eigenvalue weighted by molar-refractivity contribution is 5.64. The average molecular weight is 287 g/mol. The van der Waals surface area contributed by atoms with Crippen molar-refractivity contribution in [1.29, 1.82) is 0 Å². The highest BCUT2D eigenvalue weighted by Crippen LogP contribution is 2.26. The minimum Gasteiger partial charge on any atom is -0.361 e. The summed E-state index contributed by atoms with van der Waals surface area (Å²) >= 11 is 0. The number of benzene rings is 1. The summed E-state index contributed by atoms with van der Waals surface area (Å²) in [6, 6.07) is 7.27. The predicted molar refractivity (Wildman–Crippen MR) is 78.6 cm³/mol. The minimum absolute atomic E-state index is 0.304. The monoisotopic (exact) mass is 287 g/mol. The highest BCUT2D eigenvalue weighted by atomic mass is 19.1. The number of nitrogens with zero attached hydrogens (tertiary/aromatic N) is 3. The molecule has 1 aromatic carbocycles. The zero-order valence-corrected chi connectivity index (χ0v) is 11.8. The molecule has 0 radical (unpaired) electrons. The molecule has 21 heavy (non-hydrogen) atoms. The minimum atomic E-state index is -0.604. The van der Waals surface area contributed by atoms with Crippen LogP contribution in [0.5, 0.6) is 0 Å². The lowest BCUT2D eigenvalue weighted by atomic mass is 10.1. The third-order valence-electron chi connectivity index (χ3n) is 3.33. The third-order valence-corrected chi connectivity index (χ3v) is 3.33. The number of aryl methyl sites for hydroxylation is 1. The number of aromatic nitrogens is 1. The van der Waals surface area contributed by atoms with Gasteiger partial charge in [0.2, 0.25) is 0 Å². The lowest BCUT2D eigenvalue weighted by molar-refractivity contribution is 0.494. The summed E-state index contributed by atoms with van der Waals surface area (Å²) in [6.45, 7) is 2.63. The fourth-order valence-electron chi connectivity index (χ4n) is 2.31. The number of hydrogen-bond donors (Lipinski definition) is 0. The number of hydrogen-bond acceptors (Lipinski definition) is 3. The van der Waals surface area contributed by atoms with Gasteiger partial charge in [-0.15, -0.1) is 0 Å². The topological polar surface area (TPSA) is 19.4 Å². The van der Waals surface area contributed by atoms with Gasteiger partial charge in [0.15, 0.2) is 0 Å². The van der Waals surface area contributed by atoms with Crippen LogP contribution in [-0.2, 0) is 0 Å². The van der Waals surface area contributed by atoms with Crippen LogP contribution < -0.4 is 4.90 Å². The molecule has 1 aromatic heterocycles. The molecule has 0 N–H and O–H groups in total. The van der Waals surface area contributed by atoms with Gasteiger partial charge in [-0.1, -0.05) is 0 Å². The predicted octanol–water partition coefficient (Wildman–Crippen LogP) is 3.52. The highest BCUT2D eigenvalue weighted by Gasteiger charge is 2.15. The molecule has 2 heterocycles. The van der Waals surface area contributed by atoms with Gasteiger partial charge in [0.05, 0.1) is 12.4 Å². The van der Waals surface area contributed by atoms with Gasteiger partial charge in [0.1, 0.15) is 17.5 Å². The van der Waals surface area contributed by atoms with Crippen molar-refractivity contribution in [3.05, 3.63) is 59.9 Å². The van der Waals surface area contributed by atoms with Crippen molar-refractivity contribution >= 4 is 5.82 Å². The molecule has 2 aromatic rings. The zero-order valence-electron chi connectivity index (χ0n) is 11.8. The SMILES string of the molecule is Cc1cc(-c2ccc(F)cc2F)nc(N2C=CN(C)C2)c1. The van der Waals surface area contributed by atoms with Crippen molar-refractivity contribution < 1.29 is 8.78 Å². The van der Waals surface area contributed by atoms with Crippen molar-refractivity contribution in [3.63, 3.8) is 0 Å². The molecular weight excluding hydrogens is 272 g/mol. The van der Waals surface area contributed by atoms with Gasteiger partial charge in [-0.05, 0) is 36.8 Å². The summed E-state index contributed by atoms with van der Waals surface area (Å²) in [4.78, 5) is 8.48. The van der Waals surface area contributed by atoms with Gasteiger partial charge >= 0.3 is 0 Å². The van der Waals surface area contributed by atoms with E-state index in [1.807, 2.05) is 42.2 Å². The molecule has 0 atom stereocenters. The summed E-state index contributed by atoms with van der Waals surface area (Å²) in [7, 11) is 1.97. The molecule has 3 rings (SSSR count). The van der Waals surface area contributed by atoms with Crippen LogP contribution in [0.1, 0.15) is 5.56 Å². The third kappa shape index (κ3) is 2.72. The molecule has 1 aliphatic rings. The summed E-state index contributed by atoms with van der Waals surface area (Å²) in [5.41, 5.74) is 1.78. The van der Waals surface area contributed by atoms with Crippen LogP contribution in [0.4, 0.5) is 14.6 Å². The molecule has 1 aliphatic heterocycles. The summed E-state index contributed by atoms with van der Waals surface area (Å²) < 4.78 is 27.0. The maximum absolute atomic E-state index is 13.9. The van der Waals surface area contributed by atoms with E-state index in [-0.39, 0.29) is 0 Å². The number of halogens is 2. The molecule has 5 heteroatoms. The molecule has 0 saturated carbocycles. The van der Waals surface area contributed by atoms with Crippen LogP contribution in [0.15, 0.2) is 42.7 Å². The Balaban J connectivity index is 2.03. The van der Waals surface area contributed by atoms with Crippen molar-refractivity contribution in [2.45, 2.75) is 6.92 Å². The number of rotatable bonds is 2. The number of pyridine rings is 1. The Kier molecular flexibility index (Phi) is 3.33. The van der Waals surface area contributed by atoms with Crippen molar-refractivity contribution in [3.8, 4) is 11.3 Å². The average Bonchev–Trinajstić information content (AvgIpc) is 2.84. The first-order valence-corrected chi connectivity index (χ1v) is 6.62. The Labute approximate surface area is 122 Å². The lowest BCUT2D eigenvalue weighted by Crippen LogP contribution is -2.22. The van der Waals surface area contributed by atoms with E-state index in [9.17, 15) is 8.78 Å².